The Bertz CT molecular complexity index is 544. The first-order valence-corrected chi connectivity index (χ1v) is 7.11. The van der Waals surface area contributed by atoms with Gasteiger partial charge in [0.05, 0.1) is 0 Å². The summed E-state index contributed by atoms with van der Waals surface area (Å²) < 4.78 is 14.2. The Morgan fingerprint density at radius 2 is 1.94 bits per heavy atom. The maximum absolute atomic E-state index is 13.1. The van der Waals surface area contributed by atoms with Crippen LogP contribution in [0.25, 0.3) is 10.1 Å². The van der Waals surface area contributed by atoms with Gasteiger partial charge in [0.15, 0.2) is 0 Å². The number of benzene rings is 1. The average molecular weight is 264 g/mol. The summed E-state index contributed by atoms with van der Waals surface area (Å²) in [5.41, 5.74) is 0. The number of halogens is 1. The minimum absolute atomic E-state index is 0.143. The molecule has 2 nitrogen and oxygen atoms in total. The molecule has 3 rings (SSSR count). The summed E-state index contributed by atoms with van der Waals surface area (Å²) in [5.74, 6) is -0.143. The van der Waals surface area contributed by atoms with Crippen LogP contribution in [-0.4, -0.2) is 43.0 Å². The Morgan fingerprint density at radius 3 is 2.72 bits per heavy atom. The van der Waals surface area contributed by atoms with Gasteiger partial charge in [-0.25, -0.2) is 4.39 Å². The van der Waals surface area contributed by atoms with Gasteiger partial charge < -0.3 is 4.90 Å². The van der Waals surface area contributed by atoms with Crippen molar-refractivity contribution in [3.63, 3.8) is 0 Å². The molecule has 0 N–H and O–H groups in total. The third-order valence-electron chi connectivity index (χ3n) is 3.51. The van der Waals surface area contributed by atoms with E-state index in [9.17, 15) is 4.39 Å². The molecule has 0 bridgehead atoms. The van der Waals surface area contributed by atoms with Crippen LogP contribution in [0.4, 0.5) is 4.39 Å². The number of thiophene rings is 1. The fraction of sp³-hybridized carbons (Fsp3) is 0.429. The zero-order valence-electron chi connectivity index (χ0n) is 10.5. The molecule has 0 saturated carbocycles. The van der Waals surface area contributed by atoms with Crippen LogP contribution in [0, 0.1) is 5.82 Å². The highest BCUT2D eigenvalue weighted by Crippen LogP contribution is 2.27. The van der Waals surface area contributed by atoms with Crippen LogP contribution < -0.4 is 0 Å². The summed E-state index contributed by atoms with van der Waals surface area (Å²) >= 11 is 1.71. The molecule has 1 saturated heterocycles. The van der Waals surface area contributed by atoms with Crippen molar-refractivity contribution in [3.8, 4) is 0 Å². The van der Waals surface area contributed by atoms with Crippen LogP contribution in [0.2, 0.25) is 0 Å². The van der Waals surface area contributed by atoms with Crippen LogP contribution in [0.5, 0.6) is 0 Å². The monoisotopic (exact) mass is 264 g/mol. The number of rotatable bonds is 2. The fourth-order valence-electron chi connectivity index (χ4n) is 2.36. The van der Waals surface area contributed by atoms with Crippen LogP contribution in [0.1, 0.15) is 4.88 Å². The van der Waals surface area contributed by atoms with E-state index >= 15 is 0 Å². The van der Waals surface area contributed by atoms with Gasteiger partial charge in [0.2, 0.25) is 0 Å². The van der Waals surface area contributed by atoms with Gasteiger partial charge in [-0.15, -0.1) is 11.3 Å². The lowest BCUT2D eigenvalue weighted by molar-refractivity contribution is 0.149. The maximum atomic E-state index is 13.1. The van der Waals surface area contributed by atoms with Crippen molar-refractivity contribution >= 4 is 21.4 Å². The molecule has 2 heterocycles. The van der Waals surface area contributed by atoms with Gasteiger partial charge in [-0.3, -0.25) is 4.90 Å². The van der Waals surface area contributed by atoms with Crippen LogP contribution >= 0.6 is 11.3 Å². The second kappa shape index (κ2) is 4.96. The van der Waals surface area contributed by atoms with Crippen LogP contribution in [0.3, 0.4) is 0 Å². The Balaban J connectivity index is 1.74. The molecule has 18 heavy (non-hydrogen) atoms. The zero-order valence-corrected chi connectivity index (χ0v) is 11.3. The Kier molecular flexibility index (Phi) is 3.33. The molecule has 2 aromatic rings. The quantitative estimate of drug-likeness (QED) is 0.823. The van der Waals surface area contributed by atoms with Crippen molar-refractivity contribution in [2.75, 3.05) is 33.2 Å². The molecule has 0 spiro atoms. The van der Waals surface area contributed by atoms with Crippen molar-refractivity contribution < 1.29 is 4.39 Å². The van der Waals surface area contributed by atoms with Gasteiger partial charge >= 0.3 is 0 Å². The van der Waals surface area contributed by atoms with Gasteiger partial charge in [0, 0.05) is 42.3 Å². The highest BCUT2D eigenvalue weighted by atomic mass is 32.1. The van der Waals surface area contributed by atoms with Crippen molar-refractivity contribution in [1.82, 2.24) is 9.80 Å². The minimum Gasteiger partial charge on any atom is -0.304 e. The van der Waals surface area contributed by atoms with E-state index in [4.69, 9.17) is 0 Å². The molecule has 1 fully saturated rings. The molecule has 0 radical (unpaired) electrons. The second-order valence-corrected chi connectivity index (χ2v) is 6.14. The largest absolute Gasteiger partial charge is 0.304 e. The van der Waals surface area contributed by atoms with Crippen molar-refractivity contribution in [1.29, 1.82) is 0 Å². The number of piperazine rings is 1. The third-order valence-corrected chi connectivity index (χ3v) is 4.59. The standard InChI is InChI=1S/C14H17FN2S/c1-16-4-6-17(7-5-16)10-13-8-11-2-3-12(15)9-14(11)18-13/h2-3,8-9H,4-7,10H2,1H3. The van der Waals surface area contributed by atoms with Gasteiger partial charge in [-0.1, -0.05) is 6.07 Å². The van der Waals surface area contributed by atoms with E-state index in [1.54, 1.807) is 17.4 Å². The number of hydrogen-bond donors (Lipinski definition) is 0. The van der Waals surface area contributed by atoms with E-state index < -0.39 is 0 Å². The lowest BCUT2D eigenvalue weighted by Crippen LogP contribution is -2.43. The molecular weight excluding hydrogens is 247 g/mol. The smallest absolute Gasteiger partial charge is 0.124 e. The molecule has 1 aliphatic rings. The second-order valence-electron chi connectivity index (χ2n) is 4.97. The first-order valence-electron chi connectivity index (χ1n) is 6.29. The summed E-state index contributed by atoms with van der Waals surface area (Å²) in [6.45, 7) is 5.52. The lowest BCUT2D eigenvalue weighted by Gasteiger charge is -2.31. The van der Waals surface area contributed by atoms with E-state index in [0.29, 0.717) is 0 Å². The molecule has 0 unspecified atom stereocenters. The van der Waals surface area contributed by atoms with Gasteiger partial charge in [0.1, 0.15) is 5.82 Å². The van der Waals surface area contributed by atoms with E-state index in [2.05, 4.69) is 22.9 Å². The topological polar surface area (TPSA) is 6.48 Å². The number of likely N-dealkylation sites (N-methyl/N-ethyl adjacent to an activating group) is 1. The predicted molar refractivity (Wildman–Crippen MR) is 74.6 cm³/mol. The maximum Gasteiger partial charge on any atom is 0.124 e. The average Bonchev–Trinajstić information content (AvgIpc) is 2.73. The molecular formula is C14H17FN2S. The Morgan fingerprint density at radius 1 is 1.17 bits per heavy atom. The van der Waals surface area contributed by atoms with Crippen molar-refractivity contribution in [2.45, 2.75) is 6.54 Å². The highest BCUT2D eigenvalue weighted by Gasteiger charge is 2.14. The summed E-state index contributed by atoms with van der Waals surface area (Å²) in [6.07, 6.45) is 0. The SMILES string of the molecule is CN1CCN(Cc2cc3ccc(F)cc3s2)CC1. The van der Waals surface area contributed by atoms with E-state index in [0.717, 1.165) is 42.8 Å². The summed E-state index contributed by atoms with van der Waals surface area (Å²) in [6, 6.07) is 7.23. The van der Waals surface area contributed by atoms with Gasteiger partial charge in [0.25, 0.3) is 0 Å². The molecule has 96 valence electrons. The fourth-order valence-corrected chi connectivity index (χ4v) is 3.50. The summed E-state index contributed by atoms with van der Waals surface area (Å²) in [4.78, 5) is 6.16. The first kappa shape index (κ1) is 12.1. The molecule has 4 heteroatoms. The van der Waals surface area contributed by atoms with Crippen molar-refractivity contribution in [3.05, 3.63) is 35.0 Å². The Labute approximate surface area is 111 Å². The van der Waals surface area contributed by atoms with E-state index in [1.165, 1.54) is 10.9 Å². The summed E-state index contributed by atoms with van der Waals surface area (Å²) in [5, 5.41) is 1.16. The summed E-state index contributed by atoms with van der Waals surface area (Å²) in [7, 11) is 2.17. The predicted octanol–water partition coefficient (Wildman–Crippen LogP) is 2.79. The molecule has 0 amide bonds. The van der Waals surface area contributed by atoms with Gasteiger partial charge in [-0.2, -0.15) is 0 Å². The van der Waals surface area contributed by atoms with Crippen molar-refractivity contribution in [2.24, 2.45) is 0 Å². The molecule has 0 aliphatic carbocycles. The minimum atomic E-state index is -0.143. The van der Waals surface area contributed by atoms with Gasteiger partial charge in [-0.05, 0) is 30.6 Å². The third kappa shape index (κ3) is 2.55. The number of nitrogens with zero attached hydrogens (tertiary/aromatic N) is 2. The first-order chi connectivity index (χ1) is 8.70. The van der Waals surface area contributed by atoms with Crippen LogP contribution in [0.15, 0.2) is 24.3 Å². The molecule has 0 atom stereocenters. The van der Waals surface area contributed by atoms with E-state index in [-0.39, 0.29) is 5.82 Å². The van der Waals surface area contributed by atoms with Crippen LogP contribution in [-0.2, 0) is 6.54 Å². The number of hydrogen-bond acceptors (Lipinski definition) is 3. The lowest BCUT2D eigenvalue weighted by atomic mass is 10.2. The molecule has 1 aromatic heterocycles. The number of fused-ring (bicyclic) bond motifs is 1. The Hall–Kier alpha value is -0.970. The highest BCUT2D eigenvalue weighted by molar-refractivity contribution is 7.19. The normalized spacial score (nSPS) is 18.6. The van der Waals surface area contributed by atoms with E-state index in [1.807, 2.05) is 6.07 Å². The molecule has 1 aliphatic heterocycles. The zero-order chi connectivity index (χ0) is 12.5. The molecule has 1 aromatic carbocycles.